The molecule has 104 valence electrons. The standard InChI is InChI=1S/C13H21F2NO2/c14-13(15)6-3-10(4-7-13)12(18)16-8-1-2-11(16)5-9-17/h10-11,17H,1-9H2. The molecule has 2 aliphatic rings. The molecule has 2 fully saturated rings. The molecule has 5 heteroatoms. The number of nitrogens with zero attached hydrogens (tertiary/aromatic N) is 1. The Balaban J connectivity index is 1.91. The normalized spacial score (nSPS) is 28.6. The lowest BCUT2D eigenvalue weighted by Crippen LogP contribution is -2.42. The van der Waals surface area contributed by atoms with Gasteiger partial charge < -0.3 is 10.0 Å². The van der Waals surface area contributed by atoms with Gasteiger partial charge in [-0.1, -0.05) is 0 Å². The van der Waals surface area contributed by atoms with Crippen LogP contribution in [0.1, 0.15) is 44.9 Å². The van der Waals surface area contributed by atoms with Gasteiger partial charge in [0.1, 0.15) is 0 Å². The summed E-state index contributed by atoms with van der Waals surface area (Å²) < 4.78 is 26.1. The number of carbonyl (C=O) groups is 1. The van der Waals surface area contributed by atoms with Gasteiger partial charge in [-0.25, -0.2) is 8.78 Å². The Bertz CT molecular complexity index is 299. The maximum Gasteiger partial charge on any atom is 0.248 e. The van der Waals surface area contributed by atoms with Crippen LogP contribution in [0.5, 0.6) is 0 Å². The number of alkyl halides is 2. The summed E-state index contributed by atoms with van der Waals surface area (Å²) in [6.45, 7) is 0.799. The highest BCUT2D eigenvalue weighted by molar-refractivity contribution is 5.79. The fraction of sp³-hybridized carbons (Fsp3) is 0.923. The van der Waals surface area contributed by atoms with E-state index in [-0.39, 0.29) is 37.3 Å². The Morgan fingerprint density at radius 1 is 1.28 bits per heavy atom. The van der Waals surface area contributed by atoms with Gasteiger partial charge in [-0.2, -0.15) is 0 Å². The van der Waals surface area contributed by atoms with Crippen LogP contribution in [-0.4, -0.2) is 41.0 Å². The lowest BCUT2D eigenvalue weighted by molar-refractivity contribution is -0.140. The summed E-state index contributed by atoms with van der Waals surface area (Å²) in [6.07, 6.45) is 2.76. The fourth-order valence-electron chi connectivity index (χ4n) is 3.10. The third-order valence-electron chi connectivity index (χ3n) is 4.19. The number of rotatable bonds is 3. The Hall–Kier alpha value is -0.710. The molecule has 1 saturated heterocycles. The molecule has 1 atom stereocenters. The monoisotopic (exact) mass is 261 g/mol. The predicted molar refractivity (Wildman–Crippen MR) is 63.3 cm³/mol. The van der Waals surface area contributed by atoms with Gasteiger partial charge in [-0.15, -0.1) is 0 Å². The molecule has 1 amide bonds. The first-order valence-corrected chi connectivity index (χ1v) is 6.83. The van der Waals surface area contributed by atoms with Crippen molar-refractivity contribution in [2.45, 2.75) is 56.9 Å². The minimum absolute atomic E-state index is 0.0291. The Kier molecular flexibility index (Phi) is 4.20. The lowest BCUT2D eigenvalue weighted by Gasteiger charge is -2.32. The SMILES string of the molecule is O=C(C1CCC(F)(F)CC1)N1CCCC1CCO. The number of carbonyl (C=O) groups excluding carboxylic acids is 1. The van der Waals surface area contributed by atoms with Crippen molar-refractivity contribution < 1.29 is 18.7 Å². The Labute approximate surface area is 106 Å². The van der Waals surface area contributed by atoms with Gasteiger partial charge in [0.05, 0.1) is 0 Å². The van der Waals surface area contributed by atoms with Crippen molar-refractivity contribution in [2.24, 2.45) is 5.92 Å². The molecule has 0 aromatic carbocycles. The van der Waals surface area contributed by atoms with Gasteiger partial charge in [-0.05, 0) is 32.1 Å². The van der Waals surface area contributed by atoms with Crippen molar-refractivity contribution in [1.82, 2.24) is 4.90 Å². The zero-order valence-corrected chi connectivity index (χ0v) is 10.6. The summed E-state index contributed by atoms with van der Waals surface area (Å²) in [6, 6.07) is 0.116. The van der Waals surface area contributed by atoms with E-state index in [2.05, 4.69) is 0 Å². The van der Waals surface area contributed by atoms with Crippen LogP contribution in [0.4, 0.5) is 8.78 Å². The highest BCUT2D eigenvalue weighted by Crippen LogP contribution is 2.37. The van der Waals surface area contributed by atoms with E-state index in [0.29, 0.717) is 19.3 Å². The molecule has 1 N–H and O–H groups in total. The van der Waals surface area contributed by atoms with Gasteiger partial charge in [-0.3, -0.25) is 4.79 Å². The molecule has 0 spiro atoms. The molecule has 0 radical (unpaired) electrons. The topological polar surface area (TPSA) is 40.5 Å². The first kappa shape index (κ1) is 13.7. The lowest BCUT2D eigenvalue weighted by atomic mass is 9.85. The van der Waals surface area contributed by atoms with Crippen LogP contribution in [0.25, 0.3) is 0 Å². The number of aliphatic hydroxyl groups is 1. The number of hydrogen-bond donors (Lipinski definition) is 1. The zero-order chi connectivity index (χ0) is 13.2. The van der Waals surface area contributed by atoms with Crippen LogP contribution in [0.3, 0.4) is 0 Å². The van der Waals surface area contributed by atoms with Gasteiger partial charge in [0, 0.05) is 38.0 Å². The maximum atomic E-state index is 13.1. The van der Waals surface area contributed by atoms with E-state index in [0.717, 1.165) is 19.4 Å². The number of halogens is 2. The summed E-state index contributed by atoms with van der Waals surface area (Å²) in [4.78, 5) is 14.1. The molecule has 0 bridgehead atoms. The molecular formula is C13H21F2NO2. The molecule has 1 unspecified atom stereocenters. The average Bonchev–Trinajstić information content (AvgIpc) is 2.77. The second-order valence-electron chi connectivity index (χ2n) is 5.47. The van der Waals surface area contributed by atoms with Crippen LogP contribution in [0, 0.1) is 5.92 Å². The van der Waals surface area contributed by atoms with Crippen molar-refractivity contribution >= 4 is 5.91 Å². The molecule has 1 saturated carbocycles. The molecule has 1 heterocycles. The summed E-state index contributed by atoms with van der Waals surface area (Å²) in [5.41, 5.74) is 0. The van der Waals surface area contributed by atoms with E-state index < -0.39 is 5.92 Å². The van der Waals surface area contributed by atoms with Crippen LogP contribution in [0.2, 0.25) is 0 Å². The molecule has 18 heavy (non-hydrogen) atoms. The van der Waals surface area contributed by atoms with E-state index in [4.69, 9.17) is 5.11 Å². The van der Waals surface area contributed by atoms with Crippen LogP contribution < -0.4 is 0 Å². The van der Waals surface area contributed by atoms with Gasteiger partial charge in [0.2, 0.25) is 11.8 Å². The summed E-state index contributed by atoms with van der Waals surface area (Å²) >= 11 is 0. The zero-order valence-electron chi connectivity index (χ0n) is 10.6. The first-order chi connectivity index (χ1) is 8.53. The minimum Gasteiger partial charge on any atom is -0.396 e. The van der Waals surface area contributed by atoms with E-state index in [1.807, 2.05) is 4.90 Å². The summed E-state index contributed by atoms with van der Waals surface area (Å²) in [5, 5.41) is 8.97. The van der Waals surface area contributed by atoms with E-state index in [1.54, 1.807) is 0 Å². The Morgan fingerprint density at radius 3 is 2.56 bits per heavy atom. The van der Waals surface area contributed by atoms with E-state index in [1.165, 1.54) is 0 Å². The minimum atomic E-state index is -2.58. The molecular weight excluding hydrogens is 240 g/mol. The van der Waals surface area contributed by atoms with Crippen LogP contribution >= 0.6 is 0 Å². The summed E-state index contributed by atoms with van der Waals surface area (Å²) in [7, 11) is 0. The maximum absolute atomic E-state index is 13.1. The number of hydrogen-bond acceptors (Lipinski definition) is 2. The van der Waals surface area contributed by atoms with Gasteiger partial charge in [0.25, 0.3) is 0 Å². The molecule has 1 aliphatic heterocycles. The Morgan fingerprint density at radius 2 is 1.94 bits per heavy atom. The highest BCUT2D eigenvalue weighted by Gasteiger charge is 2.40. The third-order valence-corrected chi connectivity index (χ3v) is 4.19. The van der Waals surface area contributed by atoms with Crippen molar-refractivity contribution in [3.63, 3.8) is 0 Å². The van der Waals surface area contributed by atoms with Crippen molar-refractivity contribution in [2.75, 3.05) is 13.2 Å². The second-order valence-corrected chi connectivity index (χ2v) is 5.47. The number of amides is 1. The van der Waals surface area contributed by atoms with E-state index in [9.17, 15) is 13.6 Å². The predicted octanol–water partition coefficient (Wildman–Crippen LogP) is 2.19. The van der Waals surface area contributed by atoms with Gasteiger partial charge >= 0.3 is 0 Å². The quantitative estimate of drug-likeness (QED) is 0.846. The van der Waals surface area contributed by atoms with Crippen molar-refractivity contribution in [3.8, 4) is 0 Å². The fourth-order valence-corrected chi connectivity index (χ4v) is 3.10. The largest absolute Gasteiger partial charge is 0.396 e. The highest BCUT2D eigenvalue weighted by atomic mass is 19.3. The smallest absolute Gasteiger partial charge is 0.248 e. The van der Waals surface area contributed by atoms with Gasteiger partial charge in [0.15, 0.2) is 0 Å². The van der Waals surface area contributed by atoms with Crippen LogP contribution in [0.15, 0.2) is 0 Å². The molecule has 0 aromatic heterocycles. The molecule has 3 nitrogen and oxygen atoms in total. The molecule has 0 aromatic rings. The van der Waals surface area contributed by atoms with Crippen LogP contribution in [-0.2, 0) is 4.79 Å². The van der Waals surface area contributed by atoms with Crippen molar-refractivity contribution in [3.05, 3.63) is 0 Å². The number of likely N-dealkylation sites (tertiary alicyclic amines) is 1. The average molecular weight is 261 g/mol. The number of aliphatic hydroxyl groups excluding tert-OH is 1. The second kappa shape index (κ2) is 5.51. The first-order valence-electron chi connectivity index (χ1n) is 6.83. The molecule has 2 rings (SSSR count). The van der Waals surface area contributed by atoms with Crippen molar-refractivity contribution in [1.29, 1.82) is 0 Å². The summed E-state index contributed by atoms with van der Waals surface area (Å²) in [5.74, 6) is -2.78. The van der Waals surface area contributed by atoms with E-state index >= 15 is 0 Å². The molecule has 1 aliphatic carbocycles. The third kappa shape index (κ3) is 2.99.